The van der Waals surface area contributed by atoms with Crippen LogP contribution in [0.1, 0.15) is 55.7 Å². The lowest BCUT2D eigenvalue weighted by Crippen LogP contribution is -1.93. The largest absolute Gasteiger partial charge is 0.508 e. The molecule has 0 saturated carbocycles. The molecule has 0 atom stereocenters. The van der Waals surface area contributed by atoms with Gasteiger partial charge < -0.3 is 5.11 Å². The fourth-order valence-electron chi connectivity index (χ4n) is 2.74. The van der Waals surface area contributed by atoms with E-state index in [2.05, 4.69) is 13.5 Å². The van der Waals surface area contributed by atoms with E-state index in [0.717, 1.165) is 19.3 Å². The summed E-state index contributed by atoms with van der Waals surface area (Å²) in [6.45, 7) is 6.45. The summed E-state index contributed by atoms with van der Waals surface area (Å²) in [6.07, 6.45) is 8.14. The Kier molecular flexibility index (Phi) is 3.88. The summed E-state index contributed by atoms with van der Waals surface area (Å²) >= 11 is 0. The van der Waals surface area contributed by atoms with Crippen molar-refractivity contribution in [3.8, 4) is 5.75 Å². The molecule has 0 saturated heterocycles. The summed E-state index contributed by atoms with van der Waals surface area (Å²) in [5.74, 6) is 0.475. The van der Waals surface area contributed by atoms with Crippen molar-refractivity contribution in [2.75, 3.05) is 0 Å². The molecule has 1 aromatic rings. The Hall–Kier alpha value is -1.24. The van der Waals surface area contributed by atoms with Crippen molar-refractivity contribution in [2.45, 2.75) is 51.9 Å². The Morgan fingerprint density at radius 1 is 1.24 bits per heavy atom. The minimum absolute atomic E-state index is 0.475. The summed E-state index contributed by atoms with van der Waals surface area (Å²) in [6, 6.07) is 3.89. The molecule has 0 unspecified atom stereocenters. The number of hydrogen-bond donors (Lipinski definition) is 1. The van der Waals surface area contributed by atoms with Crippen LogP contribution in [-0.4, -0.2) is 5.11 Å². The lowest BCUT2D eigenvalue weighted by atomic mass is 9.94. The smallest absolute Gasteiger partial charge is 0.119 e. The summed E-state index contributed by atoms with van der Waals surface area (Å²) in [4.78, 5) is 0. The normalized spacial score (nSPS) is 13.7. The zero-order valence-corrected chi connectivity index (χ0v) is 10.8. The van der Waals surface area contributed by atoms with Gasteiger partial charge in [0.25, 0.3) is 0 Å². The Bertz CT molecular complexity index is 418. The molecule has 92 valence electrons. The number of phenols is 1. The van der Waals surface area contributed by atoms with Crippen molar-refractivity contribution in [1.82, 2.24) is 0 Å². The predicted molar refractivity (Wildman–Crippen MR) is 73.3 cm³/mol. The van der Waals surface area contributed by atoms with Gasteiger partial charge in [0.2, 0.25) is 0 Å². The number of unbranched alkanes of at least 4 members (excludes halogenated alkanes) is 2. The third-order valence-corrected chi connectivity index (χ3v) is 3.72. The molecule has 0 aromatic heterocycles. The maximum atomic E-state index is 9.82. The van der Waals surface area contributed by atoms with Crippen LogP contribution < -0.4 is 0 Å². The predicted octanol–water partition coefficient (Wildman–Crippen LogP) is 4.47. The third kappa shape index (κ3) is 2.54. The average molecular weight is 230 g/mol. The molecule has 1 heteroatoms. The zero-order chi connectivity index (χ0) is 12.3. The number of phenolic OH excluding ortho intramolecular Hbond substituents is 1. The van der Waals surface area contributed by atoms with Crippen molar-refractivity contribution < 1.29 is 5.11 Å². The Morgan fingerprint density at radius 3 is 2.76 bits per heavy atom. The van der Waals surface area contributed by atoms with Crippen LogP contribution in [0.4, 0.5) is 0 Å². The van der Waals surface area contributed by atoms with Gasteiger partial charge in [0, 0.05) is 0 Å². The molecule has 2 rings (SSSR count). The first-order valence-corrected chi connectivity index (χ1v) is 6.76. The molecule has 1 aliphatic carbocycles. The van der Waals surface area contributed by atoms with Crippen molar-refractivity contribution in [3.05, 3.63) is 35.4 Å². The van der Waals surface area contributed by atoms with Crippen LogP contribution in [0.3, 0.4) is 0 Å². The van der Waals surface area contributed by atoms with E-state index in [1.54, 1.807) is 0 Å². The van der Waals surface area contributed by atoms with Gasteiger partial charge in [-0.2, -0.15) is 0 Å². The molecule has 17 heavy (non-hydrogen) atoms. The fraction of sp³-hybridized carbons (Fsp3) is 0.500. The first-order chi connectivity index (χ1) is 8.24. The quantitative estimate of drug-likeness (QED) is 0.740. The highest BCUT2D eigenvalue weighted by Crippen LogP contribution is 2.36. The van der Waals surface area contributed by atoms with Gasteiger partial charge in [0.1, 0.15) is 5.75 Å². The molecular weight excluding hydrogens is 208 g/mol. The summed E-state index contributed by atoms with van der Waals surface area (Å²) in [5.41, 5.74) is 5.06. The van der Waals surface area contributed by atoms with E-state index in [9.17, 15) is 5.11 Å². The van der Waals surface area contributed by atoms with Gasteiger partial charge in [0.05, 0.1) is 0 Å². The molecule has 0 heterocycles. The van der Waals surface area contributed by atoms with Gasteiger partial charge in [-0.15, -0.1) is 0 Å². The molecule has 1 aromatic carbocycles. The maximum Gasteiger partial charge on any atom is 0.119 e. The van der Waals surface area contributed by atoms with Crippen LogP contribution in [0.5, 0.6) is 5.75 Å². The summed E-state index contributed by atoms with van der Waals surface area (Å²) in [7, 11) is 0. The molecular formula is C16H22O. The van der Waals surface area contributed by atoms with Gasteiger partial charge >= 0.3 is 0 Å². The van der Waals surface area contributed by atoms with Gasteiger partial charge in [-0.1, -0.05) is 32.4 Å². The molecule has 0 fully saturated rings. The standard InChI is InChI=1S/C16H22O/c1-3-4-5-7-12(2)13-10-11-16(17)15-9-6-8-14(13)15/h10-11,17H,2-9H2,1H3. The van der Waals surface area contributed by atoms with Crippen LogP contribution in [0.25, 0.3) is 5.57 Å². The van der Waals surface area contributed by atoms with Crippen molar-refractivity contribution in [3.63, 3.8) is 0 Å². The lowest BCUT2D eigenvalue weighted by Gasteiger charge is -2.12. The number of fused-ring (bicyclic) bond motifs is 1. The molecule has 0 amide bonds. The first-order valence-electron chi connectivity index (χ1n) is 6.76. The fourth-order valence-corrected chi connectivity index (χ4v) is 2.74. The number of aromatic hydroxyl groups is 1. The lowest BCUT2D eigenvalue weighted by molar-refractivity contribution is 0.469. The van der Waals surface area contributed by atoms with Crippen LogP contribution in [-0.2, 0) is 12.8 Å². The van der Waals surface area contributed by atoms with E-state index < -0.39 is 0 Å². The molecule has 0 aliphatic heterocycles. The van der Waals surface area contributed by atoms with E-state index in [1.165, 1.54) is 47.9 Å². The summed E-state index contributed by atoms with van der Waals surface area (Å²) < 4.78 is 0. The van der Waals surface area contributed by atoms with Crippen molar-refractivity contribution in [1.29, 1.82) is 0 Å². The molecule has 0 spiro atoms. The van der Waals surface area contributed by atoms with Crippen LogP contribution in [0.15, 0.2) is 18.7 Å². The highest BCUT2D eigenvalue weighted by atomic mass is 16.3. The molecule has 1 aliphatic rings. The number of rotatable bonds is 5. The van der Waals surface area contributed by atoms with Gasteiger partial charge in [-0.25, -0.2) is 0 Å². The zero-order valence-electron chi connectivity index (χ0n) is 10.8. The SMILES string of the molecule is C=C(CCCCC)c1ccc(O)c2c1CCC2. The molecule has 0 bridgehead atoms. The first kappa shape index (κ1) is 12.2. The minimum Gasteiger partial charge on any atom is -0.508 e. The third-order valence-electron chi connectivity index (χ3n) is 3.72. The second-order valence-electron chi connectivity index (χ2n) is 5.00. The van der Waals surface area contributed by atoms with Crippen molar-refractivity contribution >= 4 is 5.57 Å². The Labute approximate surface area is 104 Å². The van der Waals surface area contributed by atoms with E-state index in [4.69, 9.17) is 0 Å². The molecule has 1 nitrogen and oxygen atoms in total. The highest BCUT2D eigenvalue weighted by molar-refractivity contribution is 5.69. The van der Waals surface area contributed by atoms with Crippen LogP contribution >= 0.6 is 0 Å². The Morgan fingerprint density at radius 2 is 2.00 bits per heavy atom. The number of allylic oxidation sites excluding steroid dienone is 1. The molecule has 1 N–H and O–H groups in total. The van der Waals surface area contributed by atoms with Crippen molar-refractivity contribution in [2.24, 2.45) is 0 Å². The van der Waals surface area contributed by atoms with Gasteiger partial charge in [-0.3, -0.25) is 0 Å². The van der Waals surface area contributed by atoms with Crippen LogP contribution in [0.2, 0.25) is 0 Å². The van der Waals surface area contributed by atoms with E-state index in [-0.39, 0.29) is 0 Å². The highest BCUT2D eigenvalue weighted by Gasteiger charge is 2.19. The Balaban J connectivity index is 2.16. The van der Waals surface area contributed by atoms with Gasteiger partial charge in [-0.05, 0) is 60.4 Å². The topological polar surface area (TPSA) is 20.2 Å². The van der Waals surface area contributed by atoms with E-state index in [0.29, 0.717) is 5.75 Å². The second kappa shape index (κ2) is 5.39. The number of hydrogen-bond acceptors (Lipinski definition) is 1. The van der Waals surface area contributed by atoms with Gasteiger partial charge in [0.15, 0.2) is 0 Å². The minimum atomic E-state index is 0.475. The van der Waals surface area contributed by atoms with E-state index >= 15 is 0 Å². The van der Waals surface area contributed by atoms with E-state index in [1.807, 2.05) is 12.1 Å². The second-order valence-corrected chi connectivity index (χ2v) is 5.00. The maximum absolute atomic E-state index is 9.82. The average Bonchev–Trinajstić information content (AvgIpc) is 2.79. The number of benzene rings is 1. The monoisotopic (exact) mass is 230 g/mol. The van der Waals surface area contributed by atoms with Crippen LogP contribution in [0, 0.1) is 0 Å². The molecule has 0 radical (unpaired) electrons. The summed E-state index contributed by atoms with van der Waals surface area (Å²) in [5, 5.41) is 9.82.